The summed E-state index contributed by atoms with van der Waals surface area (Å²) in [7, 11) is 3.43. The Bertz CT molecular complexity index is 1510. The van der Waals surface area contributed by atoms with Crippen molar-refractivity contribution in [2.24, 2.45) is 7.05 Å². The Labute approximate surface area is 215 Å². The number of benzene rings is 1. The summed E-state index contributed by atoms with van der Waals surface area (Å²) in [4.78, 5) is 32.4. The number of fused-ring (bicyclic) bond motifs is 2. The third-order valence-electron chi connectivity index (χ3n) is 6.53. The van der Waals surface area contributed by atoms with Crippen molar-refractivity contribution >= 4 is 34.2 Å². The maximum Gasteiger partial charge on any atom is 0.410 e. The summed E-state index contributed by atoms with van der Waals surface area (Å²) in [6.07, 6.45) is 5.01. The molecule has 2 amide bonds. The van der Waals surface area contributed by atoms with Gasteiger partial charge >= 0.3 is 6.09 Å². The molecule has 1 aromatic carbocycles. The second-order valence-corrected chi connectivity index (χ2v) is 10.4. The van der Waals surface area contributed by atoms with Gasteiger partial charge in [0.15, 0.2) is 11.4 Å². The van der Waals surface area contributed by atoms with E-state index in [-0.39, 0.29) is 18.0 Å². The summed E-state index contributed by atoms with van der Waals surface area (Å²) in [5, 5.41) is 8.41. The molecule has 1 unspecified atom stereocenters. The number of anilines is 1. The molecule has 0 spiro atoms. The zero-order valence-corrected chi connectivity index (χ0v) is 22.0. The highest BCUT2D eigenvalue weighted by atomic mass is 16.6. The molecule has 10 heteroatoms. The van der Waals surface area contributed by atoms with Crippen molar-refractivity contribution in [3.05, 3.63) is 53.6 Å². The Morgan fingerprint density at radius 2 is 1.95 bits per heavy atom. The third-order valence-corrected chi connectivity index (χ3v) is 6.53. The van der Waals surface area contributed by atoms with Crippen LogP contribution in [0.25, 0.3) is 16.6 Å². The summed E-state index contributed by atoms with van der Waals surface area (Å²) in [5.74, 6) is 0.276. The Kier molecular flexibility index (Phi) is 6.05. The Morgan fingerprint density at radius 1 is 1.16 bits per heavy atom. The van der Waals surface area contributed by atoms with Crippen LogP contribution in [0.15, 0.2) is 36.7 Å². The van der Waals surface area contributed by atoms with Crippen molar-refractivity contribution in [2.75, 3.05) is 19.0 Å². The van der Waals surface area contributed by atoms with Gasteiger partial charge in [-0.3, -0.25) is 14.4 Å². The highest BCUT2D eigenvalue weighted by Gasteiger charge is 2.34. The van der Waals surface area contributed by atoms with Crippen molar-refractivity contribution in [2.45, 2.75) is 52.2 Å². The van der Waals surface area contributed by atoms with Crippen LogP contribution in [0.2, 0.25) is 0 Å². The number of rotatable bonds is 4. The lowest BCUT2D eigenvalue weighted by Gasteiger charge is -2.27. The van der Waals surface area contributed by atoms with Crippen LogP contribution in [-0.2, 0) is 11.8 Å². The minimum Gasteiger partial charge on any atom is -0.493 e. The van der Waals surface area contributed by atoms with Crippen LogP contribution in [-0.4, -0.2) is 55.3 Å². The molecule has 1 saturated heterocycles. The van der Waals surface area contributed by atoms with Crippen LogP contribution in [0.4, 0.5) is 10.5 Å². The molecule has 0 bridgehead atoms. The van der Waals surface area contributed by atoms with E-state index in [0.717, 1.165) is 35.1 Å². The van der Waals surface area contributed by atoms with Crippen molar-refractivity contribution in [1.82, 2.24) is 24.1 Å². The number of hydrogen-bond acceptors (Lipinski definition) is 6. The number of carbonyl (C=O) groups is 2. The van der Waals surface area contributed by atoms with E-state index in [1.807, 2.05) is 57.5 Å². The number of aromatic nitrogens is 4. The van der Waals surface area contributed by atoms with E-state index in [4.69, 9.17) is 14.5 Å². The normalized spacial score (nSPS) is 15.9. The predicted octanol–water partition coefficient (Wildman–Crippen LogP) is 4.86. The molecule has 194 valence electrons. The molecule has 1 aliphatic rings. The maximum atomic E-state index is 13.1. The van der Waals surface area contributed by atoms with Crippen LogP contribution >= 0.6 is 0 Å². The Balaban J connectivity index is 1.42. The van der Waals surface area contributed by atoms with Gasteiger partial charge in [0, 0.05) is 43.0 Å². The second kappa shape index (κ2) is 9.10. The first-order valence-electron chi connectivity index (χ1n) is 12.3. The number of hydrogen-bond donors (Lipinski definition) is 1. The Hall–Kier alpha value is -4.08. The van der Waals surface area contributed by atoms with Crippen LogP contribution < -0.4 is 10.1 Å². The molecule has 4 heterocycles. The first-order chi connectivity index (χ1) is 17.5. The van der Waals surface area contributed by atoms with Crippen LogP contribution in [0.3, 0.4) is 0 Å². The second-order valence-electron chi connectivity index (χ2n) is 10.4. The van der Waals surface area contributed by atoms with E-state index in [9.17, 15) is 9.59 Å². The molecule has 10 nitrogen and oxygen atoms in total. The van der Waals surface area contributed by atoms with E-state index in [1.54, 1.807) is 35.0 Å². The van der Waals surface area contributed by atoms with E-state index >= 15 is 0 Å². The molecule has 1 N–H and O–H groups in total. The monoisotopic (exact) mass is 504 g/mol. The summed E-state index contributed by atoms with van der Waals surface area (Å²) in [6.45, 7) is 8.14. The smallest absolute Gasteiger partial charge is 0.410 e. The minimum atomic E-state index is -0.570. The van der Waals surface area contributed by atoms with Crippen LogP contribution in [0.5, 0.6) is 5.75 Å². The number of likely N-dealkylation sites (tertiary alicyclic amines) is 1. The molecule has 0 radical (unpaired) electrons. The molecule has 37 heavy (non-hydrogen) atoms. The van der Waals surface area contributed by atoms with E-state index in [0.29, 0.717) is 29.2 Å². The quantitative estimate of drug-likeness (QED) is 0.426. The van der Waals surface area contributed by atoms with Gasteiger partial charge in [0.25, 0.3) is 5.91 Å². The minimum absolute atomic E-state index is 0.188. The van der Waals surface area contributed by atoms with Gasteiger partial charge in [-0.25, -0.2) is 9.78 Å². The summed E-state index contributed by atoms with van der Waals surface area (Å²) < 4.78 is 14.8. The molecule has 5 rings (SSSR count). The number of methoxy groups -OCH3 is 1. The lowest BCUT2D eigenvalue weighted by Crippen LogP contribution is -2.36. The van der Waals surface area contributed by atoms with E-state index < -0.39 is 5.60 Å². The SMILES string of the molecule is COc1cc(NC(=O)c2ccc3c(C)nn(C)c3c2)cn2cc(C3CCCN3C(=O)OC(C)(C)C)nc12. The fraction of sp³-hybridized carbons (Fsp3) is 0.407. The highest BCUT2D eigenvalue weighted by Crippen LogP contribution is 2.34. The van der Waals surface area contributed by atoms with Gasteiger partial charge in [-0.2, -0.15) is 5.10 Å². The summed E-state index contributed by atoms with van der Waals surface area (Å²) >= 11 is 0. The molecule has 1 aliphatic heterocycles. The van der Waals surface area contributed by atoms with Gasteiger partial charge in [0.1, 0.15) is 5.60 Å². The van der Waals surface area contributed by atoms with Crippen molar-refractivity contribution < 1.29 is 19.1 Å². The van der Waals surface area contributed by atoms with Gasteiger partial charge in [0.2, 0.25) is 0 Å². The lowest BCUT2D eigenvalue weighted by molar-refractivity contribution is 0.0221. The highest BCUT2D eigenvalue weighted by molar-refractivity contribution is 6.06. The molecule has 0 aliphatic carbocycles. The van der Waals surface area contributed by atoms with E-state index in [1.165, 1.54) is 0 Å². The first-order valence-corrected chi connectivity index (χ1v) is 12.3. The van der Waals surface area contributed by atoms with Crippen molar-refractivity contribution in [3.63, 3.8) is 0 Å². The van der Waals surface area contributed by atoms with Gasteiger partial charge < -0.3 is 19.2 Å². The fourth-order valence-corrected chi connectivity index (χ4v) is 4.86. The van der Waals surface area contributed by atoms with Crippen molar-refractivity contribution in [3.8, 4) is 5.75 Å². The number of pyridine rings is 1. The maximum absolute atomic E-state index is 13.1. The lowest BCUT2D eigenvalue weighted by atomic mass is 10.1. The number of aryl methyl sites for hydroxylation is 2. The van der Waals surface area contributed by atoms with Crippen LogP contribution in [0, 0.1) is 6.92 Å². The van der Waals surface area contributed by atoms with Gasteiger partial charge in [-0.05, 0) is 52.7 Å². The number of amides is 2. The number of imidazole rings is 1. The largest absolute Gasteiger partial charge is 0.493 e. The average Bonchev–Trinajstić information content (AvgIpc) is 3.54. The molecule has 4 aromatic rings. The topological polar surface area (TPSA) is 103 Å². The standard InChI is InChI=1S/C27H32N6O4/c1-16-19-10-9-17(12-22(19)31(5)30-16)25(34)28-18-13-23(36-6)24-29-20(15-32(24)14-18)21-8-7-11-33(21)26(35)37-27(2,3)4/h9-10,12-15,21H,7-8,11H2,1-6H3,(H,28,34). The molecule has 0 saturated carbocycles. The van der Waals surface area contributed by atoms with Gasteiger partial charge in [-0.15, -0.1) is 0 Å². The van der Waals surface area contributed by atoms with Crippen molar-refractivity contribution in [1.29, 1.82) is 0 Å². The number of nitrogens with zero attached hydrogens (tertiary/aromatic N) is 5. The first kappa shape index (κ1) is 24.6. The predicted molar refractivity (Wildman–Crippen MR) is 140 cm³/mol. The molecule has 3 aromatic heterocycles. The van der Waals surface area contributed by atoms with Gasteiger partial charge in [0.05, 0.1) is 35.7 Å². The third kappa shape index (κ3) is 4.71. The molecule has 1 atom stereocenters. The molecule has 1 fully saturated rings. The zero-order valence-electron chi connectivity index (χ0n) is 22.0. The van der Waals surface area contributed by atoms with Gasteiger partial charge in [-0.1, -0.05) is 6.07 Å². The van der Waals surface area contributed by atoms with Crippen LogP contribution in [0.1, 0.15) is 61.4 Å². The number of carbonyl (C=O) groups excluding carboxylic acids is 2. The summed E-state index contributed by atoms with van der Waals surface area (Å²) in [6, 6.07) is 7.10. The average molecular weight is 505 g/mol. The molecular formula is C27H32N6O4. The number of ether oxygens (including phenoxy) is 2. The summed E-state index contributed by atoms with van der Waals surface area (Å²) in [5.41, 5.74) is 3.70. The fourth-order valence-electron chi connectivity index (χ4n) is 4.86. The molecular weight excluding hydrogens is 472 g/mol. The zero-order chi connectivity index (χ0) is 26.5. The van der Waals surface area contributed by atoms with E-state index in [2.05, 4.69) is 10.4 Å². The Morgan fingerprint density at radius 3 is 2.68 bits per heavy atom. The number of nitrogens with one attached hydrogen (secondary N) is 1.